The number of pyridine rings is 1. The van der Waals surface area contributed by atoms with Gasteiger partial charge in [-0.3, -0.25) is 4.99 Å². The number of benzene rings is 1. The third-order valence-electron chi connectivity index (χ3n) is 5.92. The summed E-state index contributed by atoms with van der Waals surface area (Å²) in [6.07, 6.45) is -14.8. The van der Waals surface area contributed by atoms with Gasteiger partial charge < -0.3 is 0 Å². The van der Waals surface area contributed by atoms with Crippen molar-refractivity contribution >= 4 is 5.71 Å². The highest BCUT2D eigenvalue weighted by Gasteiger charge is 2.59. The van der Waals surface area contributed by atoms with Crippen molar-refractivity contribution in [3.8, 4) is 17.8 Å². The number of hydrogen-bond donors (Lipinski definition) is 0. The monoisotopic (exact) mass is 542 g/mol. The molecule has 0 spiro atoms. The second-order valence-electron chi connectivity index (χ2n) is 8.27. The molecular weight excluding hydrogens is 531 g/mol. The fourth-order valence-electron chi connectivity index (χ4n) is 3.98. The highest BCUT2D eigenvalue weighted by atomic mass is 19.4. The van der Waals surface area contributed by atoms with Gasteiger partial charge in [0.1, 0.15) is 28.9 Å². The number of hydrogen-bond acceptors (Lipinski definition) is 5. The maximum absolute atomic E-state index is 14.4. The predicted octanol–water partition coefficient (Wildman–Crippen LogP) is 5.74. The summed E-state index contributed by atoms with van der Waals surface area (Å²) in [6.45, 7) is -1.18. The lowest BCUT2D eigenvalue weighted by Crippen LogP contribution is -2.44. The molecule has 0 radical (unpaired) electrons. The number of rotatable bonds is 3. The third-order valence-corrected chi connectivity index (χ3v) is 5.92. The SMILES string of the molecule is N#Cc1cnn(-c2ccc(C3=NCC(c4cc(C(F)(F)F)nc(C(F)(F)F)c4)(C(F)(F)F)C3)cc2C#N)c1. The molecule has 0 N–H and O–H groups in total. The van der Waals surface area contributed by atoms with Crippen LogP contribution in [0.5, 0.6) is 0 Å². The second kappa shape index (κ2) is 8.86. The van der Waals surface area contributed by atoms with Gasteiger partial charge >= 0.3 is 18.5 Å². The summed E-state index contributed by atoms with van der Waals surface area (Å²) in [4.78, 5) is 6.31. The molecule has 0 saturated heterocycles. The molecule has 0 bridgehead atoms. The van der Waals surface area contributed by atoms with Crippen LogP contribution >= 0.6 is 0 Å². The predicted molar refractivity (Wildman–Crippen MR) is 111 cm³/mol. The summed E-state index contributed by atoms with van der Waals surface area (Å²) in [5.41, 5.74) is -8.73. The van der Waals surface area contributed by atoms with E-state index >= 15 is 0 Å². The molecule has 2 aromatic heterocycles. The van der Waals surface area contributed by atoms with Gasteiger partial charge in [0.15, 0.2) is 0 Å². The van der Waals surface area contributed by atoms with Gasteiger partial charge in [0, 0.05) is 18.3 Å². The fraction of sp³-hybridized carbons (Fsp3) is 0.261. The van der Waals surface area contributed by atoms with E-state index in [0.717, 1.165) is 0 Å². The van der Waals surface area contributed by atoms with Crippen LogP contribution in [0.4, 0.5) is 39.5 Å². The topological polar surface area (TPSA) is 90.7 Å². The van der Waals surface area contributed by atoms with E-state index in [9.17, 15) is 44.8 Å². The molecule has 6 nitrogen and oxygen atoms in total. The highest BCUT2D eigenvalue weighted by molar-refractivity contribution is 6.03. The van der Waals surface area contributed by atoms with Crippen LogP contribution in [0.2, 0.25) is 0 Å². The Morgan fingerprint density at radius 1 is 0.868 bits per heavy atom. The Bertz CT molecular complexity index is 1480. The molecule has 1 unspecified atom stereocenters. The Kier molecular flexibility index (Phi) is 6.22. The van der Waals surface area contributed by atoms with Gasteiger partial charge in [-0.1, -0.05) is 6.07 Å². The Balaban J connectivity index is 1.79. The first-order chi connectivity index (χ1) is 17.6. The lowest BCUT2D eigenvalue weighted by atomic mass is 9.76. The standard InChI is InChI=1S/C23H11F9N6/c24-21(25,26)18-4-15(5-19(37-18)22(27,28)29)20(23(30,31)32)6-16(35-11-20)13-1-2-17(14(3-13)8-34)38-10-12(7-33)9-36-38/h1-5,9-10H,6,11H2. The first-order valence-corrected chi connectivity index (χ1v) is 10.4. The lowest BCUT2D eigenvalue weighted by Gasteiger charge is -2.32. The third kappa shape index (κ3) is 4.67. The smallest absolute Gasteiger partial charge is 0.288 e. The van der Waals surface area contributed by atoms with Crippen LogP contribution < -0.4 is 0 Å². The van der Waals surface area contributed by atoms with Crippen molar-refractivity contribution in [2.75, 3.05) is 6.54 Å². The second-order valence-corrected chi connectivity index (χ2v) is 8.27. The van der Waals surface area contributed by atoms with Gasteiger partial charge in [-0.2, -0.15) is 55.1 Å². The highest BCUT2D eigenvalue weighted by Crippen LogP contribution is 2.49. The summed E-state index contributed by atoms with van der Waals surface area (Å²) in [5, 5.41) is 22.4. The van der Waals surface area contributed by atoms with Crippen LogP contribution in [0.1, 0.15) is 40.1 Å². The van der Waals surface area contributed by atoms with Crippen molar-refractivity contribution in [2.24, 2.45) is 4.99 Å². The minimum absolute atomic E-state index is 0.00485. The molecule has 1 aromatic carbocycles. The van der Waals surface area contributed by atoms with Gasteiger partial charge in [-0.05, 0) is 35.4 Å². The largest absolute Gasteiger partial charge is 0.433 e. The van der Waals surface area contributed by atoms with Crippen LogP contribution in [-0.4, -0.2) is 33.2 Å². The molecule has 38 heavy (non-hydrogen) atoms. The number of halogens is 9. The zero-order chi connectivity index (χ0) is 28.1. The van der Waals surface area contributed by atoms with Crippen molar-refractivity contribution in [3.63, 3.8) is 0 Å². The van der Waals surface area contributed by atoms with Crippen molar-refractivity contribution in [1.29, 1.82) is 10.5 Å². The van der Waals surface area contributed by atoms with E-state index in [2.05, 4.69) is 15.1 Å². The van der Waals surface area contributed by atoms with Gasteiger partial charge in [0.25, 0.3) is 0 Å². The molecule has 1 atom stereocenters. The lowest BCUT2D eigenvalue weighted by molar-refractivity contribution is -0.185. The van der Waals surface area contributed by atoms with E-state index in [4.69, 9.17) is 5.26 Å². The normalized spacial score (nSPS) is 18.1. The molecule has 0 amide bonds. The molecule has 3 aromatic rings. The molecule has 1 aliphatic heterocycles. The van der Waals surface area contributed by atoms with Crippen molar-refractivity contribution in [3.05, 3.63) is 76.4 Å². The maximum atomic E-state index is 14.4. The minimum Gasteiger partial charge on any atom is -0.288 e. The van der Waals surface area contributed by atoms with Gasteiger partial charge in [0.05, 0.1) is 29.6 Å². The average Bonchev–Trinajstić information content (AvgIpc) is 3.50. The Labute approximate surface area is 207 Å². The molecule has 4 rings (SSSR count). The summed E-state index contributed by atoms with van der Waals surface area (Å²) in [7, 11) is 0. The molecule has 1 aliphatic rings. The van der Waals surface area contributed by atoms with Gasteiger partial charge in [-0.15, -0.1) is 0 Å². The average molecular weight is 542 g/mol. The summed E-state index contributed by atoms with van der Waals surface area (Å²) in [5.74, 6) is 0. The zero-order valence-electron chi connectivity index (χ0n) is 18.5. The summed E-state index contributed by atoms with van der Waals surface area (Å²) in [6, 6.07) is 7.35. The van der Waals surface area contributed by atoms with Crippen molar-refractivity contribution < 1.29 is 39.5 Å². The van der Waals surface area contributed by atoms with E-state index in [0.29, 0.717) is 0 Å². The van der Waals surface area contributed by atoms with E-state index < -0.39 is 53.9 Å². The summed E-state index contributed by atoms with van der Waals surface area (Å²) >= 11 is 0. The molecule has 196 valence electrons. The number of alkyl halides is 9. The minimum atomic E-state index is -5.44. The fourth-order valence-corrected chi connectivity index (χ4v) is 3.98. The Morgan fingerprint density at radius 3 is 2.00 bits per heavy atom. The number of nitriles is 2. The van der Waals surface area contributed by atoms with E-state index in [1.54, 1.807) is 0 Å². The number of nitrogens with zero attached hydrogens (tertiary/aromatic N) is 6. The van der Waals surface area contributed by atoms with Crippen molar-refractivity contribution in [1.82, 2.24) is 14.8 Å². The maximum Gasteiger partial charge on any atom is 0.433 e. The Morgan fingerprint density at radius 2 is 1.50 bits per heavy atom. The number of aromatic nitrogens is 3. The Hall–Kier alpha value is -4.40. The van der Waals surface area contributed by atoms with E-state index in [-0.39, 0.29) is 40.2 Å². The quantitative estimate of drug-likeness (QED) is 0.395. The van der Waals surface area contributed by atoms with Gasteiger partial charge in [0.2, 0.25) is 0 Å². The molecule has 0 fully saturated rings. The molecule has 15 heteroatoms. The van der Waals surface area contributed by atoms with Crippen LogP contribution in [0, 0.1) is 22.7 Å². The molecule has 0 aliphatic carbocycles. The number of aliphatic imine (C=N–C) groups is 1. The van der Waals surface area contributed by atoms with Crippen LogP contribution in [-0.2, 0) is 17.8 Å². The first kappa shape index (κ1) is 26.7. The van der Waals surface area contributed by atoms with Crippen molar-refractivity contribution in [2.45, 2.75) is 30.4 Å². The molecule has 0 saturated carbocycles. The molecular formula is C23H11F9N6. The summed E-state index contributed by atoms with van der Waals surface area (Å²) < 4.78 is 124. The van der Waals surface area contributed by atoms with E-state index in [1.165, 1.54) is 35.3 Å². The van der Waals surface area contributed by atoms with Gasteiger partial charge in [-0.25, -0.2) is 9.67 Å². The zero-order valence-corrected chi connectivity index (χ0v) is 18.5. The van der Waals surface area contributed by atoms with Crippen LogP contribution in [0.15, 0.2) is 47.7 Å². The van der Waals surface area contributed by atoms with Crippen LogP contribution in [0.25, 0.3) is 5.69 Å². The first-order valence-electron chi connectivity index (χ1n) is 10.4. The van der Waals surface area contributed by atoms with E-state index in [1.807, 2.05) is 12.1 Å². The van der Waals surface area contributed by atoms with Crippen LogP contribution in [0.3, 0.4) is 0 Å². The molecule has 3 heterocycles.